The maximum Gasteiger partial charge on any atom is 0.435 e. The van der Waals surface area contributed by atoms with E-state index < -0.39 is 29.2 Å². The molecule has 2 heterocycles. The van der Waals surface area contributed by atoms with Crippen LogP contribution in [-0.2, 0) is 6.18 Å². The third-order valence-corrected chi connectivity index (χ3v) is 6.94. The van der Waals surface area contributed by atoms with Gasteiger partial charge in [0.05, 0.1) is 28.8 Å². The van der Waals surface area contributed by atoms with Crippen LogP contribution >= 0.6 is 23.2 Å². The van der Waals surface area contributed by atoms with E-state index in [-0.39, 0.29) is 22.6 Å². The van der Waals surface area contributed by atoms with Crippen LogP contribution in [0.5, 0.6) is 0 Å². The molecule has 2 aromatic heterocycles. The Balaban J connectivity index is 1.50. The summed E-state index contributed by atoms with van der Waals surface area (Å²) in [5.74, 6) is -2.03. The van der Waals surface area contributed by atoms with E-state index in [2.05, 4.69) is 10.1 Å². The number of rotatable bonds is 7. The molecule has 5 rings (SSSR count). The number of pyridine rings is 1. The molecule has 12 heteroatoms. The van der Waals surface area contributed by atoms with Crippen LogP contribution in [0.3, 0.4) is 0 Å². The lowest BCUT2D eigenvalue weighted by Crippen LogP contribution is -2.13. The molecule has 0 aliphatic heterocycles. The lowest BCUT2D eigenvalue weighted by atomic mass is 10.0. The molecule has 212 valence electrons. The highest BCUT2D eigenvalue weighted by molar-refractivity contribution is 6.30. The monoisotopic (exact) mass is 610 g/mol. The molecule has 0 spiro atoms. The number of hydrogen-bond donors (Lipinski definition) is 1. The number of halogens is 5. The minimum atomic E-state index is -4.79. The first kappa shape index (κ1) is 28.8. The summed E-state index contributed by atoms with van der Waals surface area (Å²) >= 11 is 11.9. The van der Waals surface area contributed by atoms with Gasteiger partial charge in [0.15, 0.2) is 5.69 Å². The summed E-state index contributed by atoms with van der Waals surface area (Å²) in [6, 6.07) is 20.8. The second kappa shape index (κ2) is 11.3. The first-order valence-corrected chi connectivity index (χ1v) is 13.0. The fourth-order valence-electron chi connectivity index (χ4n) is 4.24. The van der Waals surface area contributed by atoms with Crippen LogP contribution < -0.4 is 4.90 Å². The highest BCUT2D eigenvalue weighted by atomic mass is 35.5. The lowest BCUT2D eigenvalue weighted by molar-refractivity contribution is -0.141. The Morgan fingerprint density at radius 3 is 2.05 bits per heavy atom. The summed E-state index contributed by atoms with van der Waals surface area (Å²) < 4.78 is 41.7. The second-order valence-electron chi connectivity index (χ2n) is 9.13. The fourth-order valence-corrected chi connectivity index (χ4v) is 4.50. The molecule has 0 saturated heterocycles. The van der Waals surface area contributed by atoms with Crippen molar-refractivity contribution >= 4 is 46.3 Å². The summed E-state index contributed by atoms with van der Waals surface area (Å²) in [6.45, 7) is 0. The molecule has 0 amide bonds. The Morgan fingerprint density at radius 2 is 1.48 bits per heavy atom. The van der Waals surface area contributed by atoms with E-state index in [4.69, 9.17) is 23.2 Å². The molecule has 0 bridgehead atoms. The highest BCUT2D eigenvalue weighted by Gasteiger charge is 2.36. The molecule has 0 aliphatic rings. The van der Waals surface area contributed by atoms with E-state index in [0.717, 1.165) is 22.5 Å². The number of benzene rings is 3. The quantitative estimate of drug-likeness (QED) is 0.188. The molecule has 0 saturated carbocycles. The maximum atomic E-state index is 13.6. The zero-order valence-electron chi connectivity index (χ0n) is 21.6. The van der Waals surface area contributed by atoms with Gasteiger partial charge in [0.2, 0.25) is 5.78 Å². The first-order valence-electron chi connectivity index (χ1n) is 12.2. The molecule has 42 heavy (non-hydrogen) atoms. The molecule has 3 aromatic carbocycles. The number of aromatic carboxylic acids is 1. The smallest absolute Gasteiger partial charge is 0.435 e. The van der Waals surface area contributed by atoms with E-state index in [9.17, 15) is 27.9 Å². The van der Waals surface area contributed by atoms with Gasteiger partial charge in [-0.25, -0.2) is 9.48 Å². The molecule has 5 aromatic rings. The van der Waals surface area contributed by atoms with Crippen molar-refractivity contribution < 1.29 is 27.9 Å². The number of anilines is 2. The summed E-state index contributed by atoms with van der Waals surface area (Å²) in [5, 5.41) is 14.6. The standard InChI is InChI=1S/C30H19Cl2F3N4O3/c1-38(21-9-7-20(32)8-10-21)22-11-12-24(36-16-22)28(40)18-4-13-25(23(14-18)29(41)42)39-26(15-27(37-39)30(33,34)35)17-2-5-19(31)6-3-17/h2-16H,1H3,(H,41,42). The first-order chi connectivity index (χ1) is 19.9. The molecular weight excluding hydrogens is 592 g/mol. The Kier molecular flexibility index (Phi) is 7.77. The van der Waals surface area contributed by atoms with E-state index in [1.54, 1.807) is 18.2 Å². The van der Waals surface area contributed by atoms with Crippen molar-refractivity contribution in [2.24, 2.45) is 0 Å². The molecule has 7 nitrogen and oxygen atoms in total. The van der Waals surface area contributed by atoms with Gasteiger partial charge in [0, 0.05) is 33.9 Å². The van der Waals surface area contributed by atoms with Crippen LogP contribution in [0.15, 0.2) is 91.1 Å². The van der Waals surface area contributed by atoms with Gasteiger partial charge in [-0.1, -0.05) is 35.3 Å². The van der Waals surface area contributed by atoms with Crippen LogP contribution in [0, 0.1) is 0 Å². The molecule has 1 N–H and O–H groups in total. The number of nitrogens with zero attached hydrogens (tertiary/aromatic N) is 4. The predicted octanol–water partition coefficient (Wildman–Crippen LogP) is 7.96. The van der Waals surface area contributed by atoms with Gasteiger partial charge in [-0.05, 0) is 72.8 Å². The minimum absolute atomic E-state index is 0.0115. The van der Waals surface area contributed by atoms with Gasteiger partial charge >= 0.3 is 12.1 Å². The summed E-state index contributed by atoms with van der Waals surface area (Å²) in [6.07, 6.45) is -3.29. The van der Waals surface area contributed by atoms with Crippen LogP contribution in [0.2, 0.25) is 10.0 Å². The average molecular weight is 611 g/mol. The number of alkyl halides is 3. The highest BCUT2D eigenvalue weighted by Crippen LogP contribution is 2.34. The zero-order chi connectivity index (χ0) is 30.2. The molecular formula is C30H19Cl2F3N4O3. The normalized spacial score (nSPS) is 11.4. The number of hydrogen-bond acceptors (Lipinski definition) is 5. The van der Waals surface area contributed by atoms with E-state index >= 15 is 0 Å². The van der Waals surface area contributed by atoms with Crippen LogP contribution in [0.1, 0.15) is 32.1 Å². The van der Waals surface area contributed by atoms with Crippen molar-refractivity contribution in [2.45, 2.75) is 6.18 Å². The number of carboxylic acid groups (broad SMARTS) is 1. The zero-order valence-corrected chi connectivity index (χ0v) is 23.1. The lowest BCUT2D eigenvalue weighted by Gasteiger charge is -2.19. The van der Waals surface area contributed by atoms with E-state index in [1.807, 2.05) is 24.1 Å². The van der Waals surface area contributed by atoms with Gasteiger partial charge in [-0.15, -0.1) is 0 Å². The van der Waals surface area contributed by atoms with Crippen molar-refractivity contribution in [3.8, 4) is 16.9 Å². The number of carboxylic acids is 1. The molecule has 0 fully saturated rings. The summed E-state index contributed by atoms with van der Waals surface area (Å²) in [4.78, 5) is 31.6. The number of carbonyl (C=O) groups excluding carboxylic acids is 1. The third-order valence-electron chi connectivity index (χ3n) is 6.44. The summed E-state index contributed by atoms with van der Waals surface area (Å²) in [5.41, 5.74) is 0.0773. The molecule has 0 unspecified atom stereocenters. The average Bonchev–Trinajstić information content (AvgIpc) is 3.43. The summed E-state index contributed by atoms with van der Waals surface area (Å²) in [7, 11) is 1.82. The number of aromatic nitrogens is 3. The SMILES string of the molecule is CN(c1ccc(Cl)cc1)c1ccc(C(=O)c2ccc(-n3nc(C(F)(F)F)cc3-c3ccc(Cl)cc3)c(C(=O)O)c2)nc1. The van der Waals surface area contributed by atoms with Gasteiger partial charge < -0.3 is 10.0 Å². The van der Waals surface area contributed by atoms with Gasteiger partial charge in [-0.2, -0.15) is 18.3 Å². The van der Waals surface area contributed by atoms with Crippen molar-refractivity contribution in [1.82, 2.24) is 14.8 Å². The van der Waals surface area contributed by atoms with Crippen LogP contribution in [-0.4, -0.2) is 38.7 Å². The third kappa shape index (κ3) is 5.86. The topological polar surface area (TPSA) is 88.3 Å². The second-order valence-corrected chi connectivity index (χ2v) is 10.0. The number of ketones is 1. The largest absolute Gasteiger partial charge is 0.478 e. The van der Waals surface area contributed by atoms with Crippen molar-refractivity contribution in [3.05, 3.63) is 124 Å². The Morgan fingerprint density at radius 1 is 0.857 bits per heavy atom. The Hall–Kier alpha value is -4.67. The van der Waals surface area contributed by atoms with Crippen molar-refractivity contribution in [3.63, 3.8) is 0 Å². The minimum Gasteiger partial charge on any atom is -0.478 e. The Labute approximate surface area is 247 Å². The van der Waals surface area contributed by atoms with Gasteiger partial charge in [0.25, 0.3) is 0 Å². The van der Waals surface area contributed by atoms with Gasteiger partial charge in [0.1, 0.15) is 5.69 Å². The van der Waals surface area contributed by atoms with E-state index in [0.29, 0.717) is 21.3 Å². The predicted molar refractivity (Wildman–Crippen MR) is 153 cm³/mol. The fraction of sp³-hybridized carbons (Fsp3) is 0.0667. The number of carbonyl (C=O) groups is 2. The van der Waals surface area contributed by atoms with Crippen molar-refractivity contribution in [2.75, 3.05) is 11.9 Å². The van der Waals surface area contributed by atoms with E-state index in [1.165, 1.54) is 48.7 Å². The van der Waals surface area contributed by atoms with Gasteiger partial charge in [-0.3, -0.25) is 9.78 Å². The molecule has 0 radical (unpaired) electrons. The maximum absolute atomic E-state index is 13.6. The van der Waals surface area contributed by atoms with Crippen LogP contribution in [0.25, 0.3) is 16.9 Å². The Bertz CT molecular complexity index is 1790. The van der Waals surface area contributed by atoms with Crippen LogP contribution in [0.4, 0.5) is 24.5 Å². The molecule has 0 atom stereocenters. The molecule has 0 aliphatic carbocycles. The van der Waals surface area contributed by atoms with Crippen molar-refractivity contribution in [1.29, 1.82) is 0 Å².